The van der Waals surface area contributed by atoms with E-state index < -0.39 is 23.1 Å². The van der Waals surface area contributed by atoms with E-state index in [1.165, 1.54) is 14.1 Å². The summed E-state index contributed by atoms with van der Waals surface area (Å²) in [6, 6.07) is 8.49. The maximum Gasteiger partial charge on any atom is 0.332 e. The molecular formula is C21H27N5O4. The van der Waals surface area contributed by atoms with Crippen molar-refractivity contribution in [2.45, 2.75) is 31.8 Å². The molecule has 0 saturated carbocycles. The van der Waals surface area contributed by atoms with Gasteiger partial charge in [0.25, 0.3) is 11.5 Å². The number of carbonyl (C=O) groups is 2. The number of amides is 1. The molecule has 1 aliphatic heterocycles. The van der Waals surface area contributed by atoms with Gasteiger partial charge in [0.1, 0.15) is 11.4 Å². The van der Waals surface area contributed by atoms with Crippen LogP contribution in [-0.4, -0.2) is 50.9 Å². The number of nitrogens with zero attached hydrogens (tertiary/aromatic N) is 3. The summed E-state index contributed by atoms with van der Waals surface area (Å²) < 4.78 is 1.99. The van der Waals surface area contributed by atoms with E-state index in [-0.39, 0.29) is 23.3 Å². The minimum Gasteiger partial charge on any atom is -0.384 e. The Kier molecular flexibility index (Phi) is 6.21. The SMILES string of the molecule is C[C@@H](C(=O)c1c(N)n(C)c(=O)n(C)c1=O)N1CCC(NC(=O)c2ccccc2)CC1. The molecule has 9 nitrogen and oxygen atoms in total. The van der Waals surface area contributed by atoms with Gasteiger partial charge >= 0.3 is 5.69 Å². The van der Waals surface area contributed by atoms with Gasteiger partial charge in [-0.3, -0.25) is 28.4 Å². The highest BCUT2D eigenvalue weighted by atomic mass is 16.2. The number of benzene rings is 1. The van der Waals surface area contributed by atoms with Crippen molar-refractivity contribution in [1.29, 1.82) is 0 Å². The van der Waals surface area contributed by atoms with Crippen LogP contribution >= 0.6 is 0 Å². The van der Waals surface area contributed by atoms with Crippen molar-refractivity contribution in [3.8, 4) is 0 Å². The molecule has 0 aliphatic carbocycles. The van der Waals surface area contributed by atoms with E-state index in [0.29, 0.717) is 31.5 Å². The topological polar surface area (TPSA) is 119 Å². The first-order valence-corrected chi connectivity index (χ1v) is 9.92. The number of hydrogen-bond acceptors (Lipinski definition) is 6. The van der Waals surface area contributed by atoms with Gasteiger partial charge in [0.2, 0.25) is 0 Å². The molecule has 2 heterocycles. The first-order chi connectivity index (χ1) is 14.2. The van der Waals surface area contributed by atoms with Gasteiger partial charge in [-0.25, -0.2) is 4.79 Å². The van der Waals surface area contributed by atoms with Crippen LogP contribution in [0.25, 0.3) is 0 Å². The lowest BCUT2D eigenvalue weighted by Crippen LogP contribution is -2.51. The minimum atomic E-state index is -0.683. The molecule has 0 radical (unpaired) electrons. The van der Waals surface area contributed by atoms with Crippen LogP contribution in [0.15, 0.2) is 39.9 Å². The summed E-state index contributed by atoms with van der Waals surface area (Å²) in [7, 11) is 2.76. The molecule has 3 N–H and O–H groups in total. The third-order valence-corrected chi connectivity index (χ3v) is 5.78. The van der Waals surface area contributed by atoms with Crippen molar-refractivity contribution in [2.75, 3.05) is 18.8 Å². The first kappa shape index (κ1) is 21.5. The maximum atomic E-state index is 13.0. The second-order valence-corrected chi connectivity index (χ2v) is 7.66. The average Bonchev–Trinajstić information content (AvgIpc) is 2.77. The van der Waals surface area contributed by atoms with Crippen molar-refractivity contribution in [3.63, 3.8) is 0 Å². The Morgan fingerprint density at radius 2 is 1.67 bits per heavy atom. The van der Waals surface area contributed by atoms with Gasteiger partial charge in [0.15, 0.2) is 5.78 Å². The third kappa shape index (κ3) is 4.06. The largest absolute Gasteiger partial charge is 0.384 e. The molecular weight excluding hydrogens is 386 g/mol. The van der Waals surface area contributed by atoms with Crippen molar-refractivity contribution in [3.05, 3.63) is 62.3 Å². The standard InChI is InChI=1S/C21H27N5O4/c1-13(17(27)16-18(22)24(2)21(30)25(3)20(16)29)26-11-9-15(10-12-26)23-19(28)14-7-5-4-6-8-14/h4-8,13,15H,9-12,22H2,1-3H3,(H,23,28)/t13-/m0/s1. The number of Topliss-reactive ketones (excluding diaryl/α,β-unsaturated/α-hetero) is 1. The number of nitrogens with one attached hydrogen (secondary N) is 1. The zero-order valence-electron chi connectivity index (χ0n) is 17.4. The lowest BCUT2D eigenvalue weighted by molar-refractivity contribution is 0.0760. The van der Waals surface area contributed by atoms with Gasteiger partial charge in [-0.05, 0) is 31.9 Å². The summed E-state index contributed by atoms with van der Waals surface area (Å²) in [6.45, 7) is 2.92. The number of likely N-dealkylation sites (tertiary alicyclic amines) is 1. The fourth-order valence-corrected chi connectivity index (χ4v) is 3.76. The number of piperidine rings is 1. The van der Waals surface area contributed by atoms with Crippen molar-refractivity contribution in [1.82, 2.24) is 19.4 Å². The van der Waals surface area contributed by atoms with Crippen molar-refractivity contribution in [2.24, 2.45) is 14.1 Å². The Hall–Kier alpha value is -3.20. The fourth-order valence-electron chi connectivity index (χ4n) is 3.76. The molecule has 0 spiro atoms. The summed E-state index contributed by atoms with van der Waals surface area (Å²) in [5.41, 5.74) is 5.12. The highest BCUT2D eigenvalue weighted by Crippen LogP contribution is 2.17. The van der Waals surface area contributed by atoms with Crippen LogP contribution in [-0.2, 0) is 14.1 Å². The van der Waals surface area contributed by atoms with Crippen LogP contribution in [0.3, 0.4) is 0 Å². The number of nitrogen functional groups attached to an aromatic ring is 1. The Morgan fingerprint density at radius 1 is 1.07 bits per heavy atom. The summed E-state index contributed by atoms with van der Waals surface area (Å²) >= 11 is 0. The van der Waals surface area contributed by atoms with Gasteiger partial charge < -0.3 is 11.1 Å². The van der Waals surface area contributed by atoms with Gasteiger partial charge in [-0.2, -0.15) is 0 Å². The van der Waals surface area contributed by atoms with E-state index >= 15 is 0 Å². The molecule has 9 heteroatoms. The summed E-state index contributed by atoms with van der Waals surface area (Å²) in [5, 5.41) is 3.03. The first-order valence-electron chi connectivity index (χ1n) is 9.92. The van der Waals surface area contributed by atoms with Crippen molar-refractivity contribution >= 4 is 17.5 Å². The average molecular weight is 413 g/mol. The van der Waals surface area contributed by atoms with E-state index in [9.17, 15) is 19.2 Å². The van der Waals surface area contributed by atoms with E-state index in [0.717, 1.165) is 9.13 Å². The molecule has 1 amide bonds. The predicted molar refractivity (Wildman–Crippen MR) is 114 cm³/mol. The Morgan fingerprint density at radius 3 is 2.27 bits per heavy atom. The monoisotopic (exact) mass is 413 g/mol. The molecule has 1 aromatic carbocycles. The van der Waals surface area contributed by atoms with Crippen LogP contribution in [0, 0.1) is 0 Å². The lowest BCUT2D eigenvalue weighted by Gasteiger charge is -2.35. The van der Waals surface area contributed by atoms with Crippen LogP contribution in [0.4, 0.5) is 5.82 Å². The highest BCUT2D eigenvalue weighted by Gasteiger charge is 2.31. The molecule has 160 valence electrons. The number of ketones is 1. The number of hydrogen-bond donors (Lipinski definition) is 2. The molecule has 1 atom stereocenters. The van der Waals surface area contributed by atoms with Crippen molar-refractivity contribution < 1.29 is 9.59 Å². The van der Waals surface area contributed by atoms with Crippen LogP contribution in [0.2, 0.25) is 0 Å². The van der Waals surface area contributed by atoms with E-state index in [1.54, 1.807) is 19.1 Å². The smallest absolute Gasteiger partial charge is 0.332 e. The molecule has 3 rings (SSSR count). The van der Waals surface area contributed by atoms with E-state index in [4.69, 9.17) is 5.73 Å². The molecule has 0 bridgehead atoms. The lowest BCUT2D eigenvalue weighted by atomic mass is 9.99. The molecule has 2 aromatic rings. The molecule has 1 saturated heterocycles. The fraction of sp³-hybridized carbons (Fsp3) is 0.429. The zero-order chi connectivity index (χ0) is 22.0. The Balaban J connectivity index is 1.67. The summed E-state index contributed by atoms with van der Waals surface area (Å²) in [4.78, 5) is 51.8. The van der Waals surface area contributed by atoms with Gasteiger partial charge in [0.05, 0.1) is 6.04 Å². The summed E-state index contributed by atoms with van der Waals surface area (Å²) in [6.07, 6.45) is 1.38. The molecule has 1 fully saturated rings. The van der Waals surface area contributed by atoms with Crippen LogP contribution in [0.1, 0.15) is 40.5 Å². The number of carbonyl (C=O) groups excluding carboxylic acids is 2. The minimum absolute atomic E-state index is 0.0201. The van der Waals surface area contributed by atoms with Gasteiger partial charge in [-0.15, -0.1) is 0 Å². The maximum absolute atomic E-state index is 13.0. The van der Waals surface area contributed by atoms with Gasteiger partial charge in [0, 0.05) is 38.8 Å². The Bertz CT molecular complexity index is 1070. The molecule has 1 aliphatic rings. The predicted octanol–water partition coefficient (Wildman–Crippen LogP) is 0.132. The van der Waals surface area contributed by atoms with Gasteiger partial charge in [-0.1, -0.05) is 18.2 Å². The zero-order valence-corrected chi connectivity index (χ0v) is 17.4. The molecule has 30 heavy (non-hydrogen) atoms. The summed E-state index contributed by atoms with van der Waals surface area (Å²) in [5.74, 6) is -0.639. The normalized spacial score (nSPS) is 16.2. The second-order valence-electron chi connectivity index (χ2n) is 7.66. The van der Waals surface area contributed by atoms with Crippen LogP contribution < -0.4 is 22.3 Å². The molecule has 1 aromatic heterocycles. The molecule has 0 unspecified atom stereocenters. The quantitative estimate of drug-likeness (QED) is 0.673. The second kappa shape index (κ2) is 8.66. The number of rotatable bonds is 5. The Labute approximate surface area is 174 Å². The van der Waals surface area contributed by atoms with E-state index in [2.05, 4.69) is 5.32 Å². The third-order valence-electron chi connectivity index (χ3n) is 5.78. The number of nitrogens with two attached hydrogens (primary N) is 1. The van der Waals surface area contributed by atoms with E-state index in [1.807, 2.05) is 23.1 Å². The number of aromatic nitrogens is 2. The van der Waals surface area contributed by atoms with Crippen LogP contribution in [0.5, 0.6) is 0 Å². The number of anilines is 1. The highest BCUT2D eigenvalue weighted by molar-refractivity contribution is 6.03.